The SMILES string of the molecule is CNc1nc(NCC2CN(S(C)(=O)=O)C2)ncc1Br. The van der Waals surface area contributed by atoms with Crippen LogP contribution in [0.1, 0.15) is 0 Å². The summed E-state index contributed by atoms with van der Waals surface area (Å²) in [6, 6.07) is 0. The van der Waals surface area contributed by atoms with Crippen molar-refractivity contribution in [3.8, 4) is 0 Å². The molecule has 0 radical (unpaired) electrons. The van der Waals surface area contributed by atoms with Crippen molar-refractivity contribution >= 4 is 37.7 Å². The maximum Gasteiger partial charge on any atom is 0.224 e. The van der Waals surface area contributed by atoms with Gasteiger partial charge >= 0.3 is 0 Å². The second-order valence-corrected chi connectivity index (χ2v) is 7.30. The van der Waals surface area contributed by atoms with Gasteiger partial charge in [-0.2, -0.15) is 4.98 Å². The van der Waals surface area contributed by atoms with E-state index in [2.05, 4.69) is 36.5 Å². The van der Waals surface area contributed by atoms with E-state index in [0.29, 0.717) is 37.3 Å². The average molecular weight is 350 g/mol. The molecule has 1 aromatic rings. The lowest BCUT2D eigenvalue weighted by Gasteiger charge is -2.37. The first kappa shape index (κ1) is 14.5. The summed E-state index contributed by atoms with van der Waals surface area (Å²) < 4.78 is 24.7. The van der Waals surface area contributed by atoms with Crippen LogP contribution in [-0.2, 0) is 10.0 Å². The Hall–Kier alpha value is -0.930. The van der Waals surface area contributed by atoms with Crippen LogP contribution in [0.5, 0.6) is 0 Å². The van der Waals surface area contributed by atoms with Crippen LogP contribution in [0.15, 0.2) is 10.7 Å². The van der Waals surface area contributed by atoms with Crippen molar-refractivity contribution in [2.75, 3.05) is 43.6 Å². The lowest BCUT2D eigenvalue weighted by atomic mass is 10.0. The summed E-state index contributed by atoms with van der Waals surface area (Å²) in [5.74, 6) is 1.55. The molecule has 2 rings (SSSR count). The van der Waals surface area contributed by atoms with Crippen LogP contribution in [0, 0.1) is 5.92 Å². The van der Waals surface area contributed by atoms with E-state index in [1.165, 1.54) is 10.6 Å². The molecule has 1 aliphatic rings. The number of nitrogens with zero attached hydrogens (tertiary/aromatic N) is 3. The first-order chi connectivity index (χ1) is 8.90. The second-order valence-electron chi connectivity index (χ2n) is 4.47. The summed E-state index contributed by atoms with van der Waals surface area (Å²) in [7, 11) is -1.26. The Labute approximate surface area is 121 Å². The van der Waals surface area contributed by atoms with Gasteiger partial charge in [0, 0.05) is 38.8 Å². The molecule has 19 heavy (non-hydrogen) atoms. The van der Waals surface area contributed by atoms with E-state index in [1.807, 2.05) is 0 Å². The van der Waals surface area contributed by atoms with Gasteiger partial charge in [0.05, 0.1) is 10.7 Å². The number of rotatable bonds is 5. The Morgan fingerprint density at radius 3 is 2.79 bits per heavy atom. The minimum absolute atomic E-state index is 0.306. The normalized spacial score (nSPS) is 17.0. The van der Waals surface area contributed by atoms with Gasteiger partial charge in [-0.3, -0.25) is 0 Å². The van der Waals surface area contributed by atoms with E-state index < -0.39 is 10.0 Å². The molecule has 0 amide bonds. The van der Waals surface area contributed by atoms with Gasteiger partial charge in [0.1, 0.15) is 5.82 Å². The highest BCUT2D eigenvalue weighted by atomic mass is 79.9. The highest BCUT2D eigenvalue weighted by Gasteiger charge is 2.32. The topological polar surface area (TPSA) is 87.2 Å². The maximum absolute atomic E-state index is 11.2. The monoisotopic (exact) mass is 349 g/mol. The van der Waals surface area contributed by atoms with Crippen molar-refractivity contribution in [1.82, 2.24) is 14.3 Å². The average Bonchev–Trinajstić information content (AvgIpc) is 2.27. The van der Waals surface area contributed by atoms with Crippen LogP contribution in [0.2, 0.25) is 0 Å². The molecule has 9 heteroatoms. The van der Waals surface area contributed by atoms with E-state index in [4.69, 9.17) is 0 Å². The lowest BCUT2D eigenvalue weighted by Crippen LogP contribution is -2.51. The van der Waals surface area contributed by atoms with Gasteiger partial charge in [0.15, 0.2) is 0 Å². The maximum atomic E-state index is 11.2. The van der Waals surface area contributed by atoms with Gasteiger partial charge in [-0.05, 0) is 15.9 Å². The molecule has 1 aliphatic heterocycles. The van der Waals surface area contributed by atoms with Gasteiger partial charge in [-0.15, -0.1) is 0 Å². The standard InChI is InChI=1S/C10H16BrN5O2S/c1-12-9-8(11)4-14-10(15-9)13-3-7-5-16(6-7)19(2,17)18/h4,7H,3,5-6H2,1-2H3,(H2,12,13,14,15). The molecule has 0 aliphatic carbocycles. The lowest BCUT2D eigenvalue weighted by molar-refractivity contribution is 0.213. The van der Waals surface area contributed by atoms with Gasteiger partial charge < -0.3 is 10.6 Å². The Morgan fingerprint density at radius 2 is 2.21 bits per heavy atom. The number of aromatic nitrogens is 2. The summed E-state index contributed by atoms with van der Waals surface area (Å²) in [6.45, 7) is 1.78. The van der Waals surface area contributed by atoms with Crippen LogP contribution in [0.25, 0.3) is 0 Å². The minimum atomic E-state index is -3.04. The molecule has 2 heterocycles. The third-order valence-corrected chi connectivity index (χ3v) is 4.74. The van der Waals surface area contributed by atoms with Crippen LogP contribution >= 0.6 is 15.9 Å². The number of nitrogens with one attached hydrogen (secondary N) is 2. The molecule has 7 nitrogen and oxygen atoms in total. The van der Waals surface area contributed by atoms with Crippen molar-refractivity contribution in [3.63, 3.8) is 0 Å². The molecule has 106 valence electrons. The number of halogens is 1. The third kappa shape index (κ3) is 3.54. The Kier molecular flexibility index (Phi) is 4.26. The molecule has 1 aromatic heterocycles. The smallest absolute Gasteiger partial charge is 0.224 e. The summed E-state index contributed by atoms with van der Waals surface area (Å²) in [5, 5.41) is 6.07. The predicted molar refractivity (Wildman–Crippen MR) is 77.7 cm³/mol. The summed E-state index contributed by atoms with van der Waals surface area (Å²) >= 11 is 3.34. The van der Waals surface area contributed by atoms with Crippen LogP contribution in [0.4, 0.5) is 11.8 Å². The van der Waals surface area contributed by atoms with Crippen molar-refractivity contribution in [3.05, 3.63) is 10.7 Å². The number of sulfonamides is 1. The molecule has 2 N–H and O–H groups in total. The van der Waals surface area contributed by atoms with Crippen molar-refractivity contribution in [1.29, 1.82) is 0 Å². The molecule has 0 spiro atoms. The molecule has 1 fully saturated rings. The molecule has 1 saturated heterocycles. The highest BCUT2D eigenvalue weighted by molar-refractivity contribution is 9.10. The molecule has 0 atom stereocenters. The molecule has 0 unspecified atom stereocenters. The molecular formula is C10H16BrN5O2S. The third-order valence-electron chi connectivity index (χ3n) is 2.92. The predicted octanol–water partition coefficient (Wildman–Crippen LogP) is 0.584. The van der Waals surface area contributed by atoms with Crippen molar-refractivity contribution in [2.45, 2.75) is 0 Å². The molecule has 0 saturated carbocycles. The van der Waals surface area contributed by atoms with E-state index in [-0.39, 0.29) is 0 Å². The summed E-state index contributed by atoms with van der Waals surface area (Å²) in [4.78, 5) is 8.42. The number of hydrogen-bond donors (Lipinski definition) is 2. The molecule has 0 aromatic carbocycles. The Morgan fingerprint density at radius 1 is 1.53 bits per heavy atom. The van der Waals surface area contributed by atoms with E-state index in [1.54, 1.807) is 13.2 Å². The zero-order valence-electron chi connectivity index (χ0n) is 10.7. The Bertz CT molecular complexity index is 559. The fraction of sp³-hybridized carbons (Fsp3) is 0.600. The fourth-order valence-electron chi connectivity index (χ4n) is 1.79. The zero-order chi connectivity index (χ0) is 14.0. The largest absolute Gasteiger partial charge is 0.372 e. The molecular weight excluding hydrogens is 334 g/mol. The van der Waals surface area contributed by atoms with E-state index >= 15 is 0 Å². The van der Waals surface area contributed by atoms with Crippen LogP contribution in [-0.4, -0.2) is 55.6 Å². The summed E-state index contributed by atoms with van der Waals surface area (Å²) in [5.41, 5.74) is 0. The first-order valence-corrected chi connectivity index (χ1v) is 8.43. The summed E-state index contributed by atoms with van der Waals surface area (Å²) in [6.07, 6.45) is 2.90. The Balaban J connectivity index is 1.84. The first-order valence-electron chi connectivity index (χ1n) is 5.79. The fourth-order valence-corrected chi connectivity index (χ4v) is 3.14. The van der Waals surface area contributed by atoms with Gasteiger partial charge in [0.25, 0.3) is 0 Å². The van der Waals surface area contributed by atoms with Crippen molar-refractivity contribution < 1.29 is 8.42 Å². The zero-order valence-corrected chi connectivity index (χ0v) is 13.1. The van der Waals surface area contributed by atoms with E-state index in [9.17, 15) is 8.42 Å². The van der Waals surface area contributed by atoms with Gasteiger partial charge in [-0.25, -0.2) is 17.7 Å². The molecule has 0 bridgehead atoms. The van der Waals surface area contributed by atoms with Gasteiger partial charge in [-0.1, -0.05) is 0 Å². The number of hydrogen-bond acceptors (Lipinski definition) is 6. The van der Waals surface area contributed by atoms with E-state index in [0.717, 1.165) is 4.47 Å². The van der Waals surface area contributed by atoms with Gasteiger partial charge in [0.2, 0.25) is 16.0 Å². The quantitative estimate of drug-likeness (QED) is 0.808. The second kappa shape index (κ2) is 5.59. The van der Waals surface area contributed by atoms with Crippen LogP contribution < -0.4 is 10.6 Å². The highest BCUT2D eigenvalue weighted by Crippen LogP contribution is 2.21. The number of anilines is 2. The minimum Gasteiger partial charge on any atom is -0.372 e. The van der Waals surface area contributed by atoms with Crippen molar-refractivity contribution in [2.24, 2.45) is 5.92 Å². The van der Waals surface area contributed by atoms with Crippen LogP contribution in [0.3, 0.4) is 0 Å².